The maximum absolute atomic E-state index is 15.3. The van der Waals surface area contributed by atoms with Crippen LogP contribution in [0.25, 0.3) is 22.5 Å². The molecule has 0 bridgehead atoms. The molecule has 64 heavy (non-hydrogen) atoms. The molecule has 8 rings (SSSR count). The van der Waals surface area contributed by atoms with Gasteiger partial charge in [-0.15, -0.1) is 12.4 Å². The number of carboxylic acids is 1. The minimum Gasteiger partial charge on any atom is -0.478 e. The molecular formula is C46H43Cl3F2N8O5. The normalized spacial score (nSPS) is 14.2. The molecule has 0 aliphatic carbocycles. The van der Waals surface area contributed by atoms with Crippen LogP contribution in [0.15, 0.2) is 72.8 Å². The van der Waals surface area contributed by atoms with Gasteiger partial charge in [-0.1, -0.05) is 59.6 Å². The van der Waals surface area contributed by atoms with Crippen LogP contribution in [0.5, 0.6) is 0 Å². The summed E-state index contributed by atoms with van der Waals surface area (Å²) in [4.78, 5) is 39.8. The van der Waals surface area contributed by atoms with E-state index in [0.717, 1.165) is 16.7 Å². The first-order valence-corrected chi connectivity index (χ1v) is 20.3. The smallest absolute Gasteiger partial charge is 0.335 e. The summed E-state index contributed by atoms with van der Waals surface area (Å²) >= 11 is 12.3. The van der Waals surface area contributed by atoms with Crippen molar-refractivity contribution in [2.45, 2.75) is 52.2 Å². The fourth-order valence-corrected chi connectivity index (χ4v) is 7.78. The highest BCUT2D eigenvalue weighted by atomic mass is 35.5. The number of imidazole rings is 2. The number of aliphatic hydroxyl groups excluding tert-OH is 2. The molecule has 2 saturated heterocycles. The Kier molecular flexibility index (Phi) is 15.4. The predicted molar refractivity (Wildman–Crippen MR) is 240 cm³/mol. The Morgan fingerprint density at radius 3 is 1.47 bits per heavy atom. The fraction of sp³-hybridized carbons (Fsp3) is 0.261. The number of aliphatic hydroxyl groups is 2. The molecule has 4 aromatic carbocycles. The van der Waals surface area contributed by atoms with Crippen molar-refractivity contribution in [2.75, 3.05) is 26.2 Å². The highest BCUT2D eigenvalue weighted by Gasteiger charge is 2.47. The van der Waals surface area contributed by atoms with E-state index in [1.807, 2.05) is 39.0 Å². The number of nitriles is 2. The lowest BCUT2D eigenvalue weighted by molar-refractivity contribution is -0.0231. The van der Waals surface area contributed by atoms with Gasteiger partial charge in [0.2, 0.25) is 0 Å². The van der Waals surface area contributed by atoms with Crippen LogP contribution < -0.4 is 5.32 Å². The van der Waals surface area contributed by atoms with E-state index in [4.69, 9.17) is 43.9 Å². The molecule has 18 heteroatoms. The number of rotatable bonds is 8. The van der Waals surface area contributed by atoms with Crippen molar-refractivity contribution in [3.8, 4) is 34.7 Å². The number of nitrogens with zero attached hydrogens (tertiary/aromatic N) is 5. The molecule has 13 nitrogen and oxygen atoms in total. The molecule has 2 fully saturated rings. The molecule has 2 aromatic heterocycles. The third-order valence-corrected chi connectivity index (χ3v) is 11.4. The molecule has 1 amide bonds. The van der Waals surface area contributed by atoms with E-state index >= 15 is 4.39 Å². The average Bonchev–Trinajstić information content (AvgIpc) is 3.82. The third-order valence-electron chi connectivity index (χ3n) is 10.9. The number of carbonyl (C=O) groups excluding carboxylic acids is 1. The summed E-state index contributed by atoms with van der Waals surface area (Å²) in [6.07, 6.45) is 0. The Bertz CT molecular complexity index is 2770. The van der Waals surface area contributed by atoms with E-state index in [1.165, 1.54) is 4.90 Å². The number of aromatic nitrogens is 4. The molecule has 0 saturated carbocycles. The summed E-state index contributed by atoms with van der Waals surface area (Å²) in [5.41, 5.74) is 5.40. The second-order valence-corrected chi connectivity index (χ2v) is 16.1. The maximum atomic E-state index is 15.3. The maximum Gasteiger partial charge on any atom is 0.335 e. The van der Waals surface area contributed by atoms with Crippen molar-refractivity contribution in [2.24, 2.45) is 0 Å². The molecule has 332 valence electrons. The SMILES string of the molecule is Cc1cc(C)c(-c2nc(CO)[nH]c2Cl)cc1C(=O)N1CC(F)(c2ccc(C#N)cc2)C1.Cc1cc(C)c(-c2nc(CO)[nH]c2Cl)cc1C(=O)O.Cl.N#Cc1ccc(C2(F)CNC2)cc1. The molecule has 0 unspecified atom stereocenters. The number of hydrogen-bond donors (Lipinski definition) is 6. The molecule has 0 spiro atoms. The predicted octanol–water partition coefficient (Wildman–Crippen LogP) is 8.32. The number of aryl methyl sites for hydroxylation is 4. The van der Waals surface area contributed by atoms with Crippen molar-refractivity contribution in [3.63, 3.8) is 0 Å². The van der Waals surface area contributed by atoms with E-state index in [-0.39, 0.29) is 60.5 Å². The van der Waals surface area contributed by atoms with Crippen LogP contribution in [0.1, 0.15) is 76.9 Å². The largest absolute Gasteiger partial charge is 0.478 e. The number of halogens is 5. The standard InChI is InChI=1S/C23H20ClFN4O2.C13H13ClN2O3.C10H9FN2.ClH/c1-13-7-14(2)18(8-17(13)20-21(24)28-19(10-30)27-20)22(31)29-11-23(25,12-29)16-5-3-15(9-26)4-6-16;1-6-3-7(2)9(13(18)19)4-8(6)11-12(14)16-10(5-17)15-11;11-10(6-13-7-10)9-3-1-8(5-12)2-4-9;/h3-8,30H,10-12H2,1-2H3,(H,27,28);3-4,17H,5H2,1-2H3,(H,15,16)(H,18,19);1-4,13H,6-7H2;1H. The highest BCUT2D eigenvalue weighted by Crippen LogP contribution is 2.39. The number of likely N-dealkylation sites (tertiary alicyclic amines) is 1. The molecule has 0 atom stereocenters. The van der Waals surface area contributed by atoms with E-state index in [1.54, 1.807) is 73.7 Å². The molecule has 6 N–H and O–H groups in total. The lowest BCUT2D eigenvalue weighted by Gasteiger charge is -2.45. The molecule has 6 aromatic rings. The van der Waals surface area contributed by atoms with Crippen LogP contribution in [0.4, 0.5) is 8.78 Å². The van der Waals surface area contributed by atoms with Gasteiger partial charge in [0.15, 0.2) is 11.3 Å². The number of hydrogen-bond acceptors (Lipinski definition) is 9. The second-order valence-electron chi connectivity index (χ2n) is 15.4. The Morgan fingerprint density at radius 1 is 0.703 bits per heavy atom. The summed E-state index contributed by atoms with van der Waals surface area (Å²) in [5.74, 6) is -0.584. The van der Waals surface area contributed by atoms with Gasteiger partial charge in [-0.25, -0.2) is 23.5 Å². The van der Waals surface area contributed by atoms with Crippen LogP contribution in [-0.4, -0.2) is 78.2 Å². The van der Waals surface area contributed by atoms with E-state index < -0.39 is 17.3 Å². The first kappa shape index (κ1) is 48.9. The zero-order valence-electron chi connectivity index (χ0n) is 35.0. The lowest BCUT2D eigenvalue weighted by atomic mass is 9.86. The topological polar surface area (TPSA) is 215 Å². The van der Waals surface area contributed by atoms with Gasteiger partial charge in [-0.2, -0.15) is 10.5 Å². The van der Waals surface area contributed by atoms with Gasteiger partial charge in [0.1, 0.15) is 46.6 Å². The van der Waals surface area contributed by atoms with Gasteiger partial charge < -0.3 is 35.5 Å². The van der Waals surface area contributed by atoms with Crippen molar-refractivity contribution in [1.82, 2.24) is 30.2 Å². The van der Waals surface area contributed by atoms with E-state index in [0.29, 0.717) is 80.6 Å². The quantitative estimate of drug-likeness (QED) is 0.0858. The van der Waals surface area contributed by atoms with Gasteiger partial charge in [0.25, 0.3) is 5.91 Å². The highest BCUT2D eigenvalue weighted by molar-refractivity contribution is 6.32. The summed E-state index contributed by atoms with van der Waals surface area (Å²) in [6, 6.07) is 23.9. The Morgan fingerprint density at radius 2 is 1.11 bits per heavy atom. The van der Waals surface area contributed by atoms with Crippen molar-refractivity contribution in [3.05, 3.63) is 150 Å². The van der Waals surface area contributed by atoms with Gasteiger partial charge in [0.05, 0.1) is 41.9 Å². The zero-order chi connectivity index (χ0) is 45.8. The summed E-state index contributed by atoms with van der Waals surface area (Å²) in [5, 5.41) is 48.4. The van der Waals surface area contributed by atoms with Gasteiger partial charge in [0, 0.05) is 29.8 Å². The molecule has 4 heterocycles. The van der Waals surface area contributed by atoms with E-state index in [9.17, 15) is 19.1 Å². The molecule has 0 radical (unpaired) electrons. The van der Waals surface area contributed by atoms with Crippen molar-refractivity contribution < 1.29 is 33.7 Å². The second kappa shape index (κ2) is 20.1. The Hall–Kier alpha value is -6.17. The van der Waals surface area contributed by atoms with Crippen molar-refractivity contribution >= 4 is 47.5 Å². The van der Waals surface area contributed by atoms with Crippen LogP contribution in [0.3, 0.4) is 0 Å². The summed E-state index contributed by atoms with van der Waals surface area (Å²) in [6.45, 7) is 7.42. The zero-order valence-corrected chi connectivity index (χ0v) is 37.3. The molecule has 2 aliphatic rings. The number of carbonyl (C=O) groups is 2. The van der Waals surface area contributed by atoms with E-state index in [2.05, 4.69) is 25.3 Å². The number of amides is 1. The lowest BCUT2D eigenvalue weighted by Crippen LogP contribution is -2.58. The summed E-state index contributed by atoms with van der Waals surface area (Å²) < 4.78 is 29.0. The Labute approximate surface area is 383 Å². The van der Waals surface area contributed by atoms with Crippen LogP contribution >= 0.6 is 35.6 Å². The number of carboxylic acid groups (broad SMARTS) is 1. The first-order valence-electron chi connectivity index (χ1n) is 19.5. The van der Waals surface area contributed by atoms with Gasteiger partial charge >= 0.3 is 5.97 Å². The number of nitrogens with one attached hydrogen (secondary N) is 3. The number of H-pyrrole nitrogens is 2. The number of aromatic amines is 2. The molecular weight excluding hydrogens is 889 g/mol. The van der Waals surface area contributed by atoms with Gasteiger partial charge in [-0.05, 0) is 97.5 Å². The Balaban J connectivity index is 0.000000198. The average molecular weight is 932 g/mol. The summed E-state index contributed by atoms with van der Waals surface area (Å²) in [7, 11) is 0. The number of benzene rings is 4. The fourth-order valence-electron chi connectivity index (χ4n) is 7.27. The number of alkyl halides is 2. The minimum absolute atomic E-state index is 0. The van der Waals surface area contributed by atoms with Crippen molar-refractivity contribution in [1.29, 1.82) is 10.5 Å². The third kappa shape index (κ3) is 10.3. The van der Waals surface area contributed by atoms with Crippen LogP contribution in [0, 0.1) is 50.4 Å². The minimum atomic E-state index is -1.63. The number of aromatic carboxylic acids is 1. The first-order chi connectivity index (χ1) is 29.9. The monoisotopic (exact) mass is 930 g/mol. The molecule has 2 aliphatic heterocycles. The van der Waals surface area contributed by atoms with Gasteiger partial charge in [-0.3, -0.25) is 4.79 Å². The van der Waals surface area contributed by atoms with Crippen LogP contribution in [-0.2, 0) is 24.6 Å². The van der Waals surface area contributed by atoms with Crippen LogP contribution in [0.2, 0.25) is 10.3 Å².